The zero-order valence-electron chi connectivity index (χ0n) is 24.1. The molecular weight excluding hydrogens is 452 g/mol. The number of thioether (sulfide) groups is 1. The number of rotatable bonds is 16. The molecule has 1 unspecified atom stereocenters. The average molecular weight is 507 g/mol. The van der Waals surface area contributed by atoms with Crippen molar-refractivity contribution in [1.82, 2.24) is 0 Å². The summed E-state index contributed by atoms with van der Waals surface area (Å²) in [5.41, 5.74) is 2.64. The van der Waals surface area contributed by atoms with E-state index in [1.807, 2.05) is 11.8 Å². The van der Waals surface area contributed by atoms with Crippen LogP contribution >= 0.6 is 11.8 Å². The number of hydrogen-bond acceptors (Lipinski definition) is 4. The van der Waals surface area contributed by atoms with Crippen LogP contribution in [0.3, 0.4) is 0 Å². The van der Waals surface area contributed by atoms with Gasteiger partial charge >= 0.3 is 5.97 Å². The number of aryl methyl sites for hydroxylation is 1. The third kappa shape index (κ3) is 12.6. The fourth-order valence-corrected chi connectivity index (χ4v) is 5.40. The van der Waals surface area contributed by atoms with Crippen molar-refractivity contribution in [1.29, 1.82) is 0 Å². The Kier molecular flexibility index (Phi) is 14.4. The quantitative estimate of drug-likeness (QED) is 0.179. The number of phenols is 1. The van der Waals surface area contributed by atoms with Gasteiger partial charge in [0.05, 0.1) is 0 Å². The first-order valence-electron chi connectivity index (χ1n) is 14.0. The second-order valence-corrected chi connectivity index (χ2v) is 13.3. The molecule has 0 saturated heterocycles. The van der Waals surface area contributed by atoms with Gasteiger partial charge in [0.25, 0.3) is 0 Å². The molecule has 0 aromatic heterocycles. The summed E-state index contributed by atoms with van der Waals surface area (Å²) < 4.78 is 5.81. The molecule has 0 bridgehead atoms. The van der Waals surface area contributed by atoms with Crippen LogP contribution in [0.5, 0.6) is 5.75 Å². The zero-order chi connectivity index (χ0) is 26.5. The zero-order valence-corrected chi connectivity index (χ0v) is 24.9. The molecule has 35 heavy (non-hydrogen) atoms. The summed E-state index contributed by atoms with van der Waals surface area (Å²) in [6, 6.07) is 4.13. The van der Waals surface area contributed by atoms with Gasteiger partial charge in [-0.25, -0.2) is 0 Å². The monoisotopic (exact) mass is 506 g/mol. The topological polar surface area (TPSA) is 46.5 Å². The van der Waals surface area contributed by atoms with Gasteiger partial charge in [0.2, 0.25) is 0 Å². The SMILES string of the molecule is CCCCCCCCCCSCC(CC)OC(=O)CCc1cc(C(C)(C)C)c(O)c(C(C)(C)C)c1. The van der Waals surface area contributed by atoms with Crippen molar-refractivity contribution in [2.24, 2.45) is 0 Å². The van der Waals surface area contributed by atoms with Gasteiger partial charge in [-0.2, -0.15) is 11.8 Å². The summed E-state index contributed by atoms with van der Waals surface area (Å²) in [5, 5.41) is 10.9. The Labute approximate surface area is 221 Å². The van der Waals surface area contributed by atoms with Gasteiger partial charge in [0.15, 0.2) is 0 Å². The van der Waals surface area contributed by atoms with Crippen LogP contribution < -0.4 is 0 Å². The summed E-state index contributed by atoms with van der Waals surface area (Å²) >= 11 is 1.92. The molecule has 1 N–H and O–H groups in total. The number of esters is 1. The van der Waals surface area contributed by atoms with Gasteiger partial charge in [-0.15, -0.1) is 0 Å². The van der Waals surface area contributed by atoms with E-state index >= 15 is 0 Å². The van der Waals surface area contributed by atoms with Crippen LogP contribution in [-0.4, -0.2) is 28.7 Å². The van der Waals surface area contributed by atoms with Crippen molar-refractivity contribution in [3.8, 4) is 5.75 Å². The van der Waals surface area contributed by atoms with Crippen LogP contribution in [-0.2, 0) is 26.8 Å². The lowest BCUT2D eigenvalue weighted by atomic mass is 9.78. The Hall–Kier alpha value is -1.16. The minimum absolute atomic E-state index is 0.00312. The Morgan fingerprint density at radius 3 is 1.89 bits per heavy atom. The van der Waals surface area contributed by atoms with Crippen molar-refractivity contribution in [3.05, 3.63) is 28.8 Å². The van der Waals surface area contributed by atoms with Crippen LogP contribution in [0.4, 0.5) is 0 Å². The lowest BCUT2D eigenvalue weighted by molar-refractivity contribution is -0.148. The first kappa shape index (κ1) is 31.9. The highest BCUT2D eigenvalue weighted by molar-refractivity contribution is 7.99. The van der Waals surface area contributed by atoms with Gasteiger partial charge < -0.3 is 9.84 Å². The molecule has 4 heteroatoms. The van der Waals surface area contributed by atoms with Crippen LogP contribution in [0.25, 0.3) is 0 Å². The van der Waals surface area contributed by atoms with Crippen molar-refractivity contribution < 1.29 is 14.6 Å². The third-order valence-corrected chi connectivity index (χ3v) is 7.79. The lowest BCUT2D eigenvalue weighted by Gasteiger charge is -2.28. The second kappa shape index (κ2) is 15.8. The predicted molar refractivity (Wildman–Crippen MR) is 154 cm³/mol. The Bertz CT molecular complexity index is 708. The molecule has 202 valence electrons. The molecule has 1 atom stereocenters. The predicted octanol–water partition coefficient (Wildman–Crippen LogP) is 9.12. The van der Waals surface area contributed by atoms with Crippen molar-refractivity contribution in [3.63, 3.8) is 0 Å². The summed E-state index contributed by atoms with van der Waals surface area (Å²) in [6.45, 7) is 17.0. The van der Waals surface area contributed by atoms with Crippen LogP contribution in [0.1, 0.15) is 136 Å². The molecule has 0 aliphatic carbocycles. The lowest BCUT2D eigenvalue weighted by Crippen LogP contribution is -2.21. The minimum Gasteiger partial charge on any atom is -0.507 e. The standard InChI is InChI=1S/C31H54O3S/c1-9-11-12-13-14-15-16-17-20-35-23-25(10-2)34-28(32)19-18-24-21-26(30(3,4)5)29(33)27(22-24)31(6,7)8/h21-22,25,33H,9-20,23H2,1-8H3. The molecule has 0 heterocycles. The smallest absolute Gasteiger partial charge is 0.306 e. The number of phenolic OH excluding ortho intramolecular Hbond substituents is 1. The highest BCUT2D eigenvalue weighted by Crippen LogP contribution is 2.40. The Morgan fingerprint density at radius 1 is 0.886 bits per heavy atom. The number of carbonyl (C=O) groups excluding carboxylic acids is 1. The van der Waals surface area contributed by atoms with Crippen LogP contribution in [0.15, 0.2) is 12.1 Å². The number of ether oxygens (including phenoxy) is 1. The number of carbonyl (C=O) groups is 1. The fourth-order valence-electron chi connectivity index (χ4n) is 4.26. The molecule has 1 aromatic rings. The molecule has 0 amide bonds. The molecule has 0 radical (unpaired) electrons. The van der Waals surface area contributed by atoms with E-state index in [9.17, 15) is 9.90 Å². The maximum Gasteiger partial charge on any atom is 0.306 e. The van der Waals surface area contributed by atoms with Gasteiger partial charge in [-0.3, -0.25) is 4.79 Å². The third-order valence-electron chi connectivity index (χ3n) is 6.60. The molecule has 0 saturated carbocycles. The second-order valence-electron chi connectivity index (χ2n) is 12.1. The maximum atomic E-state index is 12.6. The van der Waals surface area contributed by atoms with Gasteiger partial charge in [0, 0.05) is 12.2 Å². The highest BCUT2D eigenvalue weighted by Gasteiger charge is 2.26. The van der Waals surface area contributed by atoms with Gasteiger partial charge in [0.1, 0.15) is 11.9 Å². The van der Waals surface area contributed by atoms with Gasteiger partial charge in [-0.05, 0) is 52.5 Å². The maximum absolute atomic E-state index is 12.6. The van der Waals surface area contributed by atoms with E-state index in [-0.39, 0.29) is 22.9 Å². The number of hydrogen-bond donors (Lipinski definition) is 1. The molecular formula is C31H54O3S. The van der Waals surface area contributed by atoms with E-state index in [0.29, 0.717) is 18.6 Å². The van der Waals surface area contributed by atoms with E-state index in [4.69, 9.17) is 4.74 Å². The van der Waals surface area contributed by atoms with E-state index in [1.54, 1.807) is 0 Å². The number of aromatic hydroxyl groups is 1. The first-order valence-corrected chi connectivity index (χ1v) is 15.2. The van der Waals surface area contributed by atoms with E-state index in [2.05, 4.69) is 67.5 Å². The molecule has 1 aromatic carbocycles. The van der Waals surface area contributed by atoms with E-state index < -0.39 is 0 Å². The largest absolute Gasteiger partial charge is 0.507 e. The van der Waals surface area contributed by atoms with Gasteiger partial charge in [-0.1, -0.05) is 112 Å². The first-order chi connectivity index (χ1) is 16.4. The van der Waals surface area contributed by atoms with Crippen LogP contribution in [0.2, 0.25) is 0 Å². The average Bonchev–Trinajstić information content (AvgIpc) is 2.77. The molecule has 0 spiro atoms. The summed E-state index contributed by atoms with van der Waals surface area (Å²) in [4.78, 5) is 12.6. The molecule has 1 rings (SSSR count). The summed E-state index contributed by atoms with van der Waals surface area (Å²) in [7, 11) is 0. The van der Waals surface area contributed by atoms with Crippen molar-refractivity contribution in [2.75, 3.05) is 11.5 Å². The van der Waals surface area contributed by atoms with E-state index in [1.165, 1.54) is 51.4 Å². The summed E-state index contributed by atoms with van der Waals surface area (Å²) in [5.74, 6) is 2.31. The molecule has 0 aliphatic rings. The fraction of sp³-hybridized carbons (Fsp3) is 0.774. The summed E-state index contributed by atoms with van der Waals surface area (Å²) in [6.07, 6.45) is 12.6. The van der Waals surface area contributed by atoms with Crippen LogP contribution in [0, 0.1) is 0 Å². The van der Waals surface area contributed by atoms with E-state index in [0.717, 1.165) is 34.6 Å². The number of benzene rings is 1. The van der Waals surface area contributed by atoms with Crippen molar-refractivity contribution in [2.45, 2.75) is 143 Å². The molecule has 0 fully saturated rings. The minimum atomic E-state index is -0.166. The highest BCUT2D eigenvalue weighted by atomic mass is 32.2. The number of unbranched alkanes of at least 4 members (excludes halogenated alkanes) is 7. The Morgan fingerprint density at radius 2 is 1.40 bits per heavy atom. The van der Waals surface area contributed by atoms with Crippen molar-refractivity contribution >= 4 is 17.7 Å². The normalized spacial score (nSPS) is 13.1. The Balaban J connectivity index is 2.49. The molecule has 3 nitrogen and oxygen atoms in total. The molecule has 0 aliphatic heterocycles.